The third kappa shape index (κ3) is 4.70. The van der Waals surface area contributed by atoms with Crippen LogP contribution in [0.25, 0.3) is 10.8 Å². The van der Waals surface area contributed by atoms with Gasteiger partial charge in [-0.05, 0) is 66.8 Å². The van der Waals surface area contributed by atoms with Gasteiger partial charge in [0.1, 0.15) is 0 Å². The van der Waals surface area contributed by atoms with Crippen molar-refractivity contribution in [1.82, 2.24) is 0 Å². The van der Waals surface area contributed by atoms with E-state index in [9.17, 15) is 22.8 Å². The highest BCUT2D eigenvalue weighted by Gasteiger charge is 2.48. The second-order valence-corrected chi connectivity index (χ2v) is 11.4. The van der Waals surface area contributed by atoms with Crippen molar-refractivity contribution in [3.63, 3.8) is 0 Å². The SMILES string of the molecule is CN(c1cccc2c1C(=O)C1CCCC(Nc3ccc4ccc(C(F)(F)F)cc4c3)C1C2=O)C1CCCCC1. The van der Waals surface area contributed by atoms with Crippen LogP contribution in [-0.2, 0) is 6.18 Å². The summed E-state index contributed by atoms with van der Waals surface area (Å²) in [5, 5.41) is 4.63. The number of alkyl halides is 3. The van der Waals surface area contributed by atoms with Crippen LogP contribution in [0.2, 0.25) is 0 Å². The van der Waals surface area contributed by atoms with Crippen molar-refractivity contribution in [3.8, 4) is 0 Å². The molecular weight excluding hydrogens is 501 g/mol. The first-order chi connectivity index (χ1) is 18.7. The van der Waals surface area contributed by atoms with E-state index in [1.54, 1.807) is 18.2 Å². The Morgan fingerprint density at radius 3 is 2.36 bits per heavy atom. The summed E-state index contributed by atoms with van der Waals surface area (Å²) in [5.41, 5.74) is 1.90. The molecule has 2 saturated carbocycles. The summed E-state index contributed by atoms with van der Waals surface area (Å²) in [6.45, 7) is 0. The fourth-order valence-electron chi connectivity index (χ4n) is 7.07. The highest BCUT2D eigenvalue weighted by Crippen LogP contribution is 2.44. The molecule has 4 nitrogen and oxygen atoms in total. The number of nitrogens with zero attached hydrogens (tertiary/aromatic N) is 1. The molecule has 3 unspecified atom stereocenters. The van der Waals surface area contributed by atoms with Gasteiger partial charge in [0.2, 0.25) is 0 Å². The summed E-state index contributed by atoms with van der Waals surface area (Å²) in [6, 6.07) is 14.8. The zero-order valence-corrected chi connectivity index (χ0v) is 22.1. The van der Waals surface area contributed by atoms with Gasteiger partial charge >= 0.3 is 6.18 Å². The number of carbonyl (C=O) groups is 2. The number of carbonyl (C=O) groups excluding carboxylic acids is 2. The summed E-state index contributed by atoms with van der Waals surface area (Å²) >= 11 is 0. The molecule has 204 valence electrons. The maximum absolute atomic E-state index is 14.0. The smallest absolute Gasteiger partial charge is 0.382 e. The number of fused-ring (bicyclic) bond motifs is 3. The number of hydrogen-bond donors (Lipinski definition) is 1. The van der Waals surface area contributed by atoms with E-state index in [1.165, 1.54) is 25.3 Å². The molecule has 2 fully saturated rings. The molecule has 0 bridgehead atoms. The lowest BCUT2D eigenvalue weighted by Gasteiger charge is -2.42. The van der Waals surface area contributed by atoms with Gasteiger partial charge in [-0.25, -0.2) is 0 Å². The highest BCUT2D eigenvalue weighted by molar-refractivity contribution is 6.19. The molecule has 0 radical (unpaired) electrons. The number of Topliss-reactive ketones (excluding diaryl/α,β-unsaturated/α-hetero) is 2. The predicted octanol–water partition coefficient (Wildman–Crippen LogP) is 7.90. The third-order valence-electron chi connectivity index (χ3n) is 9.11. The van der Waals surface area contributed by atoms with Crippen LogP contribution in [0.15, 0.2) is 54.6 Å². The van der Waals surface area contributed by atoms with Crippen LogP contribution >= 0.6 is 0 Å². The lowest BCUT2D eigenvalue weighted by atomic mass is 9.65. The van der Waals surface area contributed by atoms with Crippen molar-refractivity contribution in [2.45, 2.75) is 69.6 Å². The number of nitrogens with one attached hydrogen (secondary N) is 1. The van der Waals surface area contributed by atoms with Gasteiger partial charge in [0.25, 0.3) is 0 Å². The minimum absolute atomic E-state index is 0.00848. The Bertz CT molecular complexity index is 1430. The average Bonchev–Trinajstić information content (AvgIpc) is 2.94. The molecule has 3 atom stereocenters. The summed E-state index contributed by atoms with van der Waals surface area (Å²) in [5.74, 6) is -0.848. The number of halogens is 3. The maximum atomic E-state index is 14.0. The number of rotatable bonds is 4. The molecule has 7 heteroatoms. The Hall–Kier alpha value is -3.35. The summed E-state index contributed by atoms with van der Waals surface area (Å²) in [4.78, 5) is 30.2. The Morgan fingerprint density at radius 2 is 1.59 bits per heavy atom. The highest BCUT2D eigenvalue weighted by atomic mass is 19.4. The monoisotopic (exact) mass is 534 g/mol. The van der Waals surface area contributed by atoms with Crippen LogP contribution < -0.4 is 10.2 Å². The van der Waals surface area contributed by atoms with E-state index in [-0.39, 0.29) is 17.6 Å². The molecule has 1 N–H and O–H groups in total. The zero-order valence-electron chi connectivity index (χ0n) is 22.1. The number of ketones is 2. The first-order valence-electron chi connectivity index (χ1n) is 14.0. The van der Waals surface area contributed by atoms with Crippen molar-refractivity contribution in [3.05, 3.63) is 71.3 Å². The van der Waals surface area contributed by atoms with Crippen LogP contribution in [0.5, 0.6) is 0 Å². The van der Waals surface area contributed by atoms with E-state index in [0.29, 0.717) is 40.0 Å². The van der Waals surface area contributed by atoms with Crippen LogP contribution in [0.3, 0.4) is 0 Å². The normalized spacial score (nSPS) is 23.8. The quantitative estimate of drug-likeness (QED) is 0.370. The molecule has 6 rings (SSSR count). The second kappa shape index (κ2) is 10.00. The summed E-state index contributed by atoms with van der Waals surface area (Å²) in [7, 11) is 2.05. The largest absolute Gasteiger partial charge is 0.416 e. The fraction of sp³-hybridized carbons (Fsp3) is 0.438. The van der Waals surface area contributed by atoms with Crippen LogP contribution in [0.4, 0.5) is 24.5 Å². The number of anilines is 2. The molecule has 0 aliphatic heterocycles. The molecule has 3 aliphatic rings. The first-order valence-corrected chi connectivity index (χ1v) is 14.0. The van der Waals surface area contributed by atoms with E-state index in [4.69, 9.17) is 0 Å². The van der Waals surface area contributed by atoms with Gasteiger partial charge < -0.3 is 10.2 Å². The fourth-order valence-corrected chi connectivity index (χ4v) is 7.07. The topological polar surface area (TPSA) is 49.4 Å². The molecule has 0 saturated heterocycles. The maximum Gasteiger partial charge on any atom is 0.416 e. The molecule has 0 aromatic heterocycles. The molecule has 39 heavy (non-hydrogen) atoms. The van der Waals surface area contributed by atoms with Crippen molar-refractivity contribution < 1.29 is 22.8 Å². The average molecular weight is 535 g/mol. The lowest BCUT2D eigenvalue weighted by molar-refractivity contribution is -0.137. The van der Waals surface area contributed by atoms with E-state index < -0.39 is 23.6 Å². The van der Waals surface area contributed by atoms with E-state index in [0.717, 1.165) is 43.5 Å². The Balaban J connectivity index is 1.31. The van der Waals surface area contributed by atoms with E-state index in [1.807, 2.05) is 25.2 Å². The van der Waals surface area contributed by atoms with Gasteiger partial charge in [0.15, 0.2) is 11.6 Å². The Morgan fingerprint density at radius 1 is 0.821 bits per heavy atom. The van der Waals surface area contributed by atoms with Crippen molar-refractivity contribution in [1.29, 1.82) is 0 Å². The minimum Gasteiger partial charge on any atom is -0.382 e. The van der Waals surface area contributed by atoms with Crippen molar-refractivity contribution >= 4 is 33.7 Å². The van der Waals surface area contributed by atoms with E-state index >= 15 is 0 Å². The number of benzene rings is 3. The molecule has 3 aliphatic carbocycles. The molecule has 0 heterocycles. The van der Waals surface area contributed by atoms with Gasteiger partial charge in [0.05, 0.1) is 17.0 Å². The molecular formula is C32H33F3N2O2. The van der Waals surface area contributed by atoms with Crippen LogP contribution in [0.1, 0.15) is 77.6 Å². The Kier molecular flexibility index (Phi) is 6.64. The van der Waals surface area contributed by atoms with Gasteiger partial charge in [-0.15, -0.1) is 0 Å². The standard InChI is InChI=1S/C32H33F3N2O2/c1-37(23-7-3-2-4-8-23)27-12-6-10-25-29(27)31(39)24-9-5-11-26(28(24)30(25)38)36-22-16-14-19-13-15-21(32(33,34)35)17-20(19)18-22/h6,10,12-18,23-24,26,28,36H,2-5,7-9,11H2,1H3. The predicted molar refractivity (Wildman–Crippen MR) is 148 cm³/mol. The third-order valence-corrected chi connectivity index (χ3v) is 9.11. The molecule has 3 aromatic rings. The van der Waals surface area contributed by atoms with Crippen LogP contribution in [-0.4, -0.2) is 30.7 Å². The van der Waals surface area contributed by atoms with Gasteiger partial charge in [0, 0.05) is 42.0 Å². The molecule has 0 amide bonds. The first kappa shape index (κ1) is 25.9. The van der Waals surface area contributed by atoms with Gasteiger partial charge in [-0.3, -0.25) is 9.59 Å². The minimum atomic E-state index is -4.42. The lowest BCUT2D eigenvalue weighted by Crippen LogP contribution is -2.49. The Labute approximate surface area is 226 Å². The van der Waals surface area contributed by atoms with Crippen molar-refractivity contribution in [2.24, 2.45) is 11.8 Å². The van der Waals surface area contributed by atoms with Crippen LogP contribution in [0, 0.1) is 11.8 Å². The second-order valence-electron chi connectivity index (χ2n) is 11.4. The molecule has 3 aromatic carbocycles. The zero-order chi connectivity index (χ0) is 27.3. The van der Waals surface area contributed by atoms with Crippen molar-refractivity contribution in [2.75, 3.05) is 17.3 Å². The summed E-state index contributed by atoms with van der Waals surface area (Å²) < 4.78 is 39.8. The summed E-state index contributed by atoms with van der Waals surface area (Å²) in [6.07, 6.45) is 3.57. The van der Waals surface area contributed by atoms with Gasteiger partial charge in [-0.1, -0.05) is 49.9 Å². The van der Waals surface area contributed by atoms with Gasteiger partial charge in [-0.2, -0.15) is 13.2 Å². The number of hydrogen-bond acceptors (Lipinski definition) is 4. The molecule has 0 spiro atoms. The van der Waals surface area contributed by atoms with E-state index in [2.05, 4.69) is 10.2 Å².